The first-order chi connectivity index (χ1) is 12.1. The predicted molar refractivity (Wildman–Crippen MR) is 95.1 cm³/mol. The van der Waals surface area contributed by atoms with E-state index in [9.17, 15) is 9.59 Å². The van der Waals surface area contributed by atoms with Crippen LogP contribution in [0, 0.1) is 0 Å². The molecule has 0 bridgehead atoms. The molecule has 124 valence electrons. The average Bonchev–Trinajstić information content (AvgIpc) is 2.65. The summed E-state index contributed by atoms with van der Waals surface area (Å²) < 4.78 is 0. The lowest BCUT2D eigenvalue weighted by molar-refractivity contribution is -0.134. The molecule has 0 atom stereocenters. The van der Waals surface area contributed by atoms with Crippen molar-refractivity contribution >= 4 is 34.8 Å². The van der Waals surface area contributed by atoms with E-state index in [4.69, 9.17) is 5.73 Å². The number of amides is 2. The second-order valence-corrected chi connectivity index (χ2v) is 5.09. The van der Waals surface area contributed by atoms with Gasteiger partial charge in [-0.2, -0.15) is 0 Å². The minimum Gasteiger partial charge on any atom is -0.399 e. The first-order valence-corrected chi connectivity index (χ1v) is 7.48. The third-order valence-electron chi connectivity index (χ3n) is 3.35. The Balaban J connectivity index is 1.92. The third kappa shape index (κ3) is 3.78. The molecule has 0 spiro atoms. The molecule has 0 saturated heterocycles. The van der Waals surface area contributed by atoms with Gasteiger partial charge in [0, 0.05) is 29.5 Å². The van der Waals surface area contributed by atoms with Crippen molar-refractivity contribution in [3.05, 3.63) is 73.1 Å². The first kappa shape index (κ1) is 16.1. The van der Waals surface area contributed by atoms with Crippen LogP contribution in [0.25, 0.3) is 0 Å². The zero-order valence-electron chi connectivity index (χ0n) is 13.2. The zero-order valence-corrected chi connectivity index (χ0v) is 13.2. The number of nitrogens with two attached hydrogens (primary N) is 1. The maximum Gasteiger partial charge on any atom is 0.321 e. The maximum atomic E-state index is 12.8. The van der Waals surface area contributed by atoms with Crippen molar-refractivity contribution < 1.29 is 9.59 Å². The van der Waals surface area contributed by atoms with Crippen molar-refractivity contribution in [2.24, 2.45) is 0 Å². The molecule has 1 heterocycles. The lowest BCUT2D eigenvalue weighted by atomic mass is 10.2. The van der Waals surface area contributed by atoms with Crippen LogP contribution in [-0.2, 0) is 9.59 Å². The summed E-state index contributed by atoms with van der Waals surface area (Å²) in [5.74, 6) is -1.54. The quantitative estimate of drug-likeness (QED) is 0.566. The second-order valence-electron chi connectivity index (χ2n) is 5.09. The lowest BCUT2D eigenvalue weighted by Gasteiger charge is -2.22. The summed E-state index contributed by atoms with van der Waals surface area (Å²) in [5, 5.41) is 2.40. The Labute approximate surface area is 144 Å². The molecule has 7 nitrogen and oxygen atoms in total. The largest absolute Gasteiger partial charge is 0.399 e. The Hall–Kier alpha value is -3.74. The molecule has 3 N–H and O–H groups in total. The summed E-state index contributed by atoms with van der Waals surface area (Å²) in [6, 6.07) is 17.2. The summed E-state index contributed by atoms with van der Waals surface area (Å²) in [6.07, 6.45) is 2.95. The first-order valence-electron chi connectivity index (χ1n) is 7.48. The standard InChI is InChI=1S/C18H15N5O2/c19-13-7-9-15(10-8-13)23(14-5-2-1-3-6-14)17(25)16(24)22-18-20-11-4-12-21-18/h1-12H,19H2,(H,20,21,22,24). The van der Waals surface area contributed by atoms with Gasteiger partial charge in [-0.25, -0.2) is 9.97 Å². The van der Waals surface area contributed by atoms with E-state index in [2.05, 4.69) is 15.3 Å². The Morgan fingerprint density at radius 1 is 0.840 bits per heavy atom. The fourth-order valence-electron chi connectivity index (χ4n) is 2.20. The van der Waals surface area contributed by atoms with Gasteiger partial charge in [-0.3, -0.25) is 19.8 Å². The van der Waals surface area contributed by atoms with Gasteiger partial charge in [0.25, 0.3) is 0 Å². The molecule has 0 aliphatic heterocycles. The number of nitrogen functional groups attached to an aromatic ring is 1. The van der Waals surface area contributed by atoms with Gasteiger partial charge in [-0.15, -0.1) is 0 Å². The van der Waals surface area contributed by atoms with Crippen LogP contribution in [0.2, 0.25) is 0 Å². The Kier molecular flexibility index (Phi) is 4.66. The number of rotatable bonds is 3. The highest BCUT2D eigenvalue weighted by atomic mass is 16.2. The topological polar surface area (TPSA) is 101 Å². The second kappa shape index (κ2) is 7.22. The monoisotopic (exact) mass is 333 g/mol. The average molecular weight is 333 g/mol. The highest BCUT2D eigenvalue weighted by Crippen LogP contribution is 2.26. The van der Waals surface area contributed by atoms with E-state index in [0.717, 1.165) is 0 Å². The molecule has 3 aromatic rings. The molecule has 1 aromatic heterocycles. The predicted octanol–water partition coefficient (Wildman–Crippen LogP) is 2.36. The molecule has 3 rings (SSSR count). The van der Waals surface area contributed by atoms with Gasteiger partial charge in [-0.1, -0.05) is 18.2 Å². The van der Waals surface area contributed by atoms with Crippen LogP contribution >= 0.6 is 0 Å². The Morgan fingerprint density at radius 3 is 2.08 bits per heavy atom. The summed E-state index contributed by atoms with van der Waals surface area (Å²) in [5.41, 5.74) is 7.35. The minimum absolute atomic E-state index is 0.0613. The number of nitrogens with one attached hydrogen (secondary N) is 1. The Bertz CT molecular complexity index is 867. The van der Waals surface area contributed by atoms with Crippen LogP contribution in [-0.4, -0.2) is 21.8 Å². The number of hydrogen-bond donors (Lipinski definition) is 2. The highest BCUT2D eigenvalue weighted by molar-refractivity contribution is 6.45. The van der Waals surface area contributed by atoms with Crippen LogP contribution in [0.4, 0.5) is 23.0 Å². The number of para-hydroxylation sites is 1. The normalized spacial score (nSPS) is 10.1. The number of carbonyl (C=O) groups excluding carboxylic acids is 2. The number of anilines is 4. The van der Waals surface area contributed by atoms with Gasteiger partial charge in [-0.05, 0) is 42.5 Å². The van der Waals surface area contributed by atoms with E-state index in [0.29, 0.717) is 17.1 Å². The molecule has 0 saturated carbocycles. The number of nitrogens with zero attached hydrogens (tertiary/aromatic N) is 3. The molecule has 0 radical (unpaired) electrons. The molecule has 0 aliphatic rings. The van der Waals surface area contributed by atoms with Gasteiger partial charge < -0.3 is 5.73 Å². The smallest absolute Gasteiger partial charge is 0.321 e. The SMILES string of the molecule is Nc1ccc(N(C(=O)C(=O)Nc2ncccn2)c2ccccc2)cc1. The molecular weight excluding hydrogens is 318 g/mol. The van der Waals surface area contributed by atoms with Crippen LogP contribution < -0.4 is 16.0 Å². The number of carbonyl (C=O) groups is 2. The molecule has 25 heavy (non-hydrogen) atoms. The van der Waals surface area contributed by atoms with Gasteiger partial charge in [0.1, 0.15) is 0 Å². The van der Waals surface area contributed by atoms with Crippen molar-refractivity contribution in [3.8, 4) is 0 Å². The highest BCUT2D eigenvalue weighted by Gasteiger charge is 2.25. The minimum atomic E-state index is -0.841. The summed E-state index contributed by atoms with van der Waals surface area (Å²) >= 11 is 0. The number of benzene rings is 2. The van der Waals surface area contributed by atoms with Crippen molar-refractivity contribution in [1.29, 1.82) is 0 Å². The van der Waals surface area contributed by atoms with Crippen LogP contribution in [0.5, 0.6) is 0 Å². The summed E-state index contributed by atoms with van der Waals surface area (Å²) in [7, 11) is 0. The lowest BCUT2D eigenvalue weighted by Crippen LogP contribution is -2.37. The molecule has 0 unspecified atom stereocenters. The number of hydrogen-bond acceptors (Lipinski definition) is 5. The van der Waals surface area contributed by atoms with Crippen molar-refractivity contribution in [3.63, 3.8) is 0 Å². The van der Waals surface area contributed by atoms with Crippen molar-refractivity contribution in [2.75, 3.05) is 16.0 Å². The van der Waals surface area contributed by atoms with Gasteiger partial charge in [0.15, 0.2) is 0 Å². The molecule has 2 amide bonds. The van der Waals surface area contributed by atoms with Gasteiger partial charge in [0.05, 0.1) is 0 Å². The molecule has 0 fully saturated rings. The fraction of sp³-hybridized carbons (Fsp3) is 0. The summed E-state index contributed by atoms with van der Waals surface area (Å²) in [4.78, 5) is 34.2. The van der Waals surface area contributed by atoms with E-state index in [-0.39, 0.29) is 5.95 Å². The van der Waals surface area contributed by atoms with E-state index < -0.39 is 11.8 Å². The van der Waals surface area contributed by atoms with E-state index >= 15 is 0 Å². The zero-order chi connectivity index (χ0) is 17.6. The Morgan fingerprint density at radius 2 is 1.44 bits per heavy atom. The van der Waals surface area contributed by atoms with Gasteiger partial charge >= 0.3 is 11.8 Å². The number of aromatic nitrogens is 2. The molecule has 2 aromatic carbocycles. The van der Waals surface area contributed by atoms with Crippen molar-refractivity contribution in [1.82, 2.24) is 9.97 Å². The van der Waals surface area contributed by atoms with E-state index in [1.54, 1.807) is 54.6 Å². The maximum absolute atomic E-state index is 12.8. The van der Waals surface area contributed by atoms with Gasteiger partial charge in [0.2, 0.25) is 5.95 Å². The molecule has 0 aliphatic carbocycles. The molecular formula is C18H15N5O2. The van der Waals surface area contributed by atoms with Crippen LogP contribution in [0.15, 0.2) is 73.1 Å². The molecule has 7 heteroatoms. The van der Waals surface area contributed by atoms with Crippen LogP contribution in [0.1, 0.15) is 0 Å². The van der Waals surface area contributed by atoms with E-state index in [1.165, 1.54) is 17.3 Å². The van der Waals surface area contributed by atoms with Crippen LogP contribution in [0.3, 0.4) is 0 Å². The summed E-state index contributed by atoms with van der Waals surface area (Å²) in [6.45, 7) is 0. The van der Waals surface area contributed by atoms with Crippen molar-refractivity contribution in [2.45, 2.75) is 0 Å². The third-order valence-corrected chi connectivity index (χ3v) is 3.35. The van der Waals surface area contributed by atoms with E-state index in [1.807, 2.05) is 6.07 Å². The fourth-order valence-corrected chi connectivity index (χ4v) is 2.20.